The van der Waals surface area contributed by atoms with E-state index in [-0.39, 0.29) is 17.7 Å². The van der Waals surface area contributed by atoms with Gasteiger partial charge in [-0.2, -0.15) is 0 Å². The van der Waals surface area contributed by atoms with Crippen LogP contribution in [0.4, 0.5) is 0 Å². The molecule has 5 nitrogen and oxygen atoms in total. The van der Waals surface area contributed by atoms with Gasteiger partial charge in [0, 0.05) is 13.0 Å². The Hall–Kier alpha value is -1.10. The van der Waals surface area contributed by atoms with Crippen LogP contribution in [0.1, 0.15) is 32.6 Å². The Bertz CT molecular complexity index is 293. The molecule has 98 valence electrons. The average Bonchev–Trinajstić information content (AvgIpc) is 2.35. The minimum absolute atomic E-state index is 0.0740. The van der Waals surface area contributed by atoms with Crippen LogP contribution in [0.3, 0.4) is 0 Å². The zero-order chi connectivity index (χ0) is 13.0. The molecule has 17 heavy (non-hydrogen) atoms. The van der Waals surface area contributed by atoms with Gasteiger partial charge >= 0.3 is 5.97 Å². The molecule has 0 aromatic rings. The van der Waals surface area contributed by atoms with Crippen molar-refractivity contribution in [2.24, 2.45) is 17.6 Å². The van der Waals surface area contributed by atoms with Crippen molar-refractivity contribution in [2.75, 3.05) is 13.6 Å². The molecule has 1 saturated carbocycles. The Balaban J connectivity index is 2.70. The minimum atomic E-state index is -0.971. The molecule has 0 saturated heterocycles. The van der Waals surface area contributed by atoms with E-state index in [0.717, 1.165) is 25.7 Å². The van der Waals surface area contributed by atoms with Gasteiger partial charge in [0.1, 0.15) is 6.04 Å². The van der Waals surface area contributed by atoms with Crippen molar-refractivity contribution in [3.05, 3.63) is 0 Å². The van der Waals surface area contributed by atoms with Gasteiger partial charge in [0.05, 0.1) is 0 Å². The Labute approximate surface area is 102 Å². The Kier molecular flexibility index (Phi) is 4.93. The summed E-state index contributed by atoms with van der Waals surface area (Å²) in [6, 6.07) is -0.775. The molecule has 0 heterocycles. The standard InChI is InChI=1S/C12H22N2O3/c1-8(12(16)17)14(2)11(15)10-6-4-3-5-9(10)7-13/h8-10H,3-7,13H2,1-2H3,(H,16,17). The second-order valence-corrected chi connectivity index (χ2v) is 4.85. The highest BCUT2D eigenvalue weighted by Gasteiger charge is 2.34. The van der Waals surface area contributed by atoms with Crippen LogP contribution < -0.4 is 5.73 Å². The summed E-state index contributed by atoms with van der Waals surface area (Å²) in [6.45, 7) is 2.03. The zero-order valence-electron chi connectivity index (χ0n) is 10.6. The molecule has 5 heteroatoms. The van der Waals surface area contributed by atoms with Crippen molar-refractivity contribution >= 4 is 11.9 Å². The van der Waals surface area contributed by atoms with E-state index in [2.05, 4.69) is 0 Å². The topological polar surface area (TPSA) is 83.6 Å². The molecule has 1 amide bonds. The Morgan fingerprint density at radius 2 is 2.00 bits per heavy atom. The highest BCUT2D eigenvalue weighted by Crippen LogP contribution is 2.30. The summed E-state index contributed by atoms with van der Waals surface area (Å²) in [5.41, 5.74) is 5.68. The Morgan fingerprint density at radius 1 is 1.41 bits per heavy atom. The van der Waals surface area contributed by atoms with E-state index in [4.69, 9.17) is 10.8 Å². The molecule has 0 spiro atoms. The number of carboxylic acid groups (broad SMARTS) is 1. The second-order valence-electron chi connectivity index (χ2n) is 4.85. The van der Waals surface area contributed by atoms with Crippen LogP contribution in [0.25, 0.3) is 0 Å². The quantitative estimate of drug-likeness (QED) is 0.759. The first kappa shape index (κ1) is 14.0. The molecular weight excluding hydrogens is 220 g/mol. The van der Waals surface area contributed by atoms with E-state index in [1.54, 1.807) is 7.05 Å². The van der Waals surface area contributed by atoms with Crippen LogP contribution >= 0.6 is 0 Å². The third-order valence-corrected chi connectivity index (χ3v) is 3.81. The number of carbonyl (C=O) groups is 2. The highest BCUT2D eigenvalue weighted by molar-refractivity contribution is 5.84. The monoisotopic (exact) mass is 242 g/mol. The minimum Gasteiger partial charge on any atom is -0.480 e. The van der Waals surface area contributed by atoms with Gasteiger partial charge in [-0.25, -0.2) is 4.79 Å². The normalized spacial score (nSPS) is 26.3. The third kappa shape index (κ3) is 3.19. The maximum absolute atomic E-state index is 12.2. The molecule has 0 aromatic carbocycles. The van der Waals surface area contributed by atoms with Crippen LogP contribution in [-0.2, 0) is 9.59 Å². The van der Waals surface area contributed by atoms with Crippen molar-refractivity contribution in [3.63, 3.8) is 0 Å². The molecule has 1 aliphatic carbocycles. The van der Waals surface area contributed by atoms with Crippen molar-refractivity contribution in [3.8, 4) is 0 Å². The largest absolute Gasteiger partial charge is 0.480 e. The number of carboxylic acids is 1. The predicted molar refractivity (Wildman–Crippen MR) is 64.4 cm³/mol. The molecule has 0 radical (unpaired) electrons. The molecular formula is C12H22N2O3. The number of likely N-dealkylation sites (N-methyl/N-ethyl adjacent to an activating group) is 1. The van der Waals surface area contributed by atoms with E-state index < -0.39 is 12.0 Å². The summed E-state index contributed by atoms with van der Waals surface area (Å²) < 4.78 is 0. The molecule has 0 aromatic heterocycles. The number of amides is 1. The van der Waals surface area contributed by atoms with Gasteiger partial charge in [0.2, 0.25) is 5.91 Å². The summed E-state index contributed by atoms with van der Waals surface area (Å²) >= 11 is 0. The third-order valence-electron chi connectivity index (χ3n) is 3.81. The van der Waals surface area contributed by atoms with Crippen LogP contribution in [0.2, 0.25) is 0 Å². The highest BCUT2D eigenvalue weighted by atomic mass is 16.4. The fraction of sp³-hybridized carbons (Fsp3) is 0.833. The smallest absolute Gasteiger partial charge is 0.326 e. The van der Waals surface area contributed by atoms with Gasteiger partial charge in [-0.3, -0.25) is 4.79 Å². The maximum atomic E-state index is 12.2. The van der Waals surface area contributed by atoms with E-state index in [0.29, 0.717) is 6.54 Å². The number of hydrogen-bond donors (Lipinski definition) is 2. The number of carbonyl (C=O) groups excluding carboxylic acids is 1. The van der Waals surface area contributed by atoms with E-state index >= 15 is 0 Å². The summed E-state index contributed by atoms with van der Waals surface area (Å²) in [5.74, 6) is -0.934. The SMILES string of the molecule is CC(C(=O)O)N(C)C(=O)C1CCCCC1CN. The van der Waals surface area contributed by atoms with Gasteiger partial charge < -0.3 is 15.7 Å². The van der Waals surface area contributed by atoms with Crippen molar-refractivity contribution < 1.29 is 14.7 Å². The predicted octanol–water partition coefficient (Wildman–Crippen LogP) is 0.683. The first-order valence-corrected chi connectivity index (χ1v) is 6.18. The lowest BCUT2D eigenvalue weighted by molar-refractivity contribution is -0.151. The molecule has 1 aliphatic rings. The molecule has 3 atom stereocenters. The molecule has 3 unspecified atom stereocenters. The van der Waals surface area contributed by atoms with Gasteiger partial charge in [-0.15, -0.1) is 0 Å². The number of hydrogen-bond acceptors (Lipinski definition) is 3. The summed E-state index contributed by atoms with van der Waals surface area (Å²) in [4.78, 5) is 24.4. The average molecular weight is 242 g/mol. The molecule has 3 N–H and O–H groups in total. The fourth-order valence-electron chi connectivity index (χ4n) is 2.43. The fourth-order valence-corrected chi connectivity index (χ4v) is 2.43. The summed E-state index contributed by atoms with van der Waals surface area (Å²) in [7, 11) is 1.56. The molecule has 0 aliphatic heterocycles. The first-order chi connectivity index (χ1) is 7.99. The van der Waals surface area contributed by atoms with Crippen LogP contribution in [-0.4, -0.2) is 41.5 Å². The number of rotatable bonds is 4. The molecule has 1 fully saturated rings. The van der Waals surface area contributed by atoms with Gasteiger partial charge in [-0.1, -0.05) is 12.8 Å². The lowest BCUT2D eigenvalue weighted by Gasteiger charge is -2.33. The number of nitrogens with two attached hydrogens (primary N) is 1. The van der Waals surface area contributed by atoms with E-state index in [1.165, 1.54) is 11.8 Å². The van der Waals surface area contributed by atoms with Crippen LogP contribution in [0.15, 0.2) is 0 Å². The molecule has 0 bridgehead atoms. The van der Waals surface area contributed by atoms with E-state index in [9.17, 15) is 9.59 Å². The van der Waals surface area contributed by atoms with Crippen molar-refractivity contribution in [1.82, 2.24) is 4.90 Å². The Morgan fingerprint density at radius 3 is 2.53 bits per heavy atom. The van der Waals surface area contributed by atoms with Gasteiger partial charge in [0.25, 0.3) is 0 Å². The summed E-state index contributed by atoms with van der Waals surface area (Å²) in [5, 5.41) is 8.90. The van der Waals surface area contributed by atoms with Crippen molar-refractivity contribution in [1.29, 1.82) is 0 Å². The zero-order valence-corrected chi connectivity index (χ0v) is 10.6. The first-order valence-electron chi connectivity index (χ1n) is 6.18. The lowest BCUT2D eigenvalue weighted by atomic mass is 9.78. The maximum Gasteiger partial charge on any atom is 0.326 e. The second kappa shape index (κ2) is 6.00. The summed E-state index contributed by atoms with van der Waals surface area (Å²) in [6.07, 6.45) is 3.95. The van der Waals surface area contributed by atoms with Gasteiger partial charge in [0.15, 0.2) is 0 Å². The van der Waals surface area contributed by atoms with Crippen molar-refractivity contribution in [2.45, 2.75) is 38.6 Å². The van der Waals surface area contributed by atoms with Gasteiger partial charge in [-0.05, 0) is 32.2 Å². The van der Waals surface area contributed by atoms with E-state index in [1.807, 2.05) is 0 Å². The van der Waals surface area contributed by atoms with Crippen LogP contribution in [0, 0.1) is 11.8 Å². The lowest BCUT2D eigenvalue weighted by Crippen LogP contribution is -2.46. The molecule has 1 rings (SSSR count). The van der Waals surface area contributed by atoms with Crippen LogP contribution in [0.5, 0.6) is 0 Å². The number of aliphatic carboxylic acids is 1. The number of nitrogens with zero attached hydrogens (tertiary/aromatic N) is 1.